The molecule has 0 unspecified atom stereocenters. The van der Waals surface area contributed by atoms with Gasteiger partial charge in [0.05, 0.1) is 13.2 Å². The molecule has 0 saturated heterocycles. The number of ether oxygens (including phenoxy) is 2. The van der Waals surface area contributed by atoms with Crippen molar-refractivity contribution in [3.8, 4) is 0 Å². The molecule has 0 radical (unpaired) electrons. The third-order valence-corrected chi connectivity index (χ3v) is 2.14. The Balaban J connectivity index is 2.18. The van der Waals surface area contributed by atoms with Crippen LogP contribution in [0, 0.1) is 0 Å². The molecular weight excluding hydrogens is 256 g/mol. The molecule has 1 aromatic heterocycles. The maximum absolute atomic E-state index is 11.5. The summed E-state index contributed by atoms with van der Waals surface area (Å²) in [5, 5.41) is 14.5. The van der Waals surface area contributed by atoms with Gasteiger partial charge in [0.25, 0.3) is 5.91 Å². The van der Waals surface area contributed by atoms with Crippen molar-refractivity contribution in [2.45, 2.75) is 6.42 Å². The third kappa shape index (κ3) is 5.49. The predicted molar refractivity (Wildman–Crippen MR) is 63.1 cm³/mol. The summed E-state index contributed by atoms with van der Waals surface area (Å²) in [6.07, 6.45) is 0.638. The highest BCUT2D eigenvalue weighted by molar-refractivity contribution is 5.94. The van der Waals surface area contributed by atoms with Crippen molar-refractivity contribution in [3.63, 3.8) is 0 Å². The van der Waals surface area contributed by atoms with Gasteiger partial charge in [-0.1, -0.05) is 5.16 Å². The standard InChI is InChI=1S/C11H16N2O6/c1-17-5-6-18-4-2-3-12-10(14)8-7-9(11(15)16)19-13-8/h7H,2-6H2,1H3,(H,12,14)(H,15,16). The number of carboxylic acids is 1. The number of carbonyl (C=O) groups is 2. The Morgan fingerprint density at radius 1 is 1.42 bits per heavy atom. The number of methoxy groups -OCH3 is 1. The fraction of sp³-hybridized carbons (Fsp3) is 0.545. The van der Waals surface area contributed by atoms with E-state index >= 15 is 0 Å². The summed E-state index contributed by atoms with van der Waals surface area (Å²) >= 11 is 0. The highest BCUT2D eigenvalue weighted by atomic mass is 16.5. The zero-order valence-corrected chi connectivity index (χ0v) is 10.5. The summed E-state index contributed by atoms with van der Waals surface area (Å²) in [5.41, 5.74) is -0.0577. The molecule has 0 aliphatic carbocycles. The first-order chi connectivity index (χ1) is 9.15. The van der Waals surface area contributed by atoms with Crippen LogP contribution in [0.2, 0.25) is 0 Å². The number of aromatic carboxylic acids is 1. The summed E-state index contributed by atoms with van der Waals surface area (Å²) in [7, 11) is 1.59. The van der Waals surface area contributed by atoms with Crippen molar-refractivity contribution in [3.05, 3.63) is 17.5 Å². The first-order valence-corrected chi connectivity index (χ1v) is 5.70. The van der Waals surface area contributed by atoms with Crippen LogP contribution in [0.4, 0.5) is 0 Å². The largest absolute Gasteiger partial charge is 0.475 e. The monoisotopic (exact) mass is 272 g/mol. The van der Waals surface area contributed by atoms with E-state index in [0.717, 1.165) is 6.07 Å². The van der Waals surface area contributed by atoms with Gasteiger partial charge in [-0.3, -0.25) is 4.79 Å². The van der Waals surface area contributed by atoms with E-state index < -0.39 is 11.9 Å². The van der Waals surface area contributed by atoms with Gasteiger partial charge in [-0.2, -0.15) is 0 Å². The lowest BCUT2D eigenvalue weighted by Gasteiger charge is -2.04. The van der Waals surface area contributed by atoms with E-state index in [1.807, 2.05) is 0 Å². The summed E-state index contributed by atoms with van der Waals surface area (Å²) in [4.78, 5) is 22.1. The van der Waals surface area contributed by atoms with Gasteiger partial charge < -0.3 is 24.4 Å². The van der Waals surface area contributed by atoms with E-state index in [2.05, 4.69) is 15.0 Å². The van der Waals surface area contributed by atoms with Gasteiger partial charge in [0.1, 0.15) is 0 Å². The van der Waals surface area contributed by atoms with Crippen LogP contribution in [0.1, 0.15) is 27.5 Å². The smallest absolute Gasteiger partial charge is 0.374 e. The van der Waals surface area contributed by atoms with Crippen LogP contribution < -0.4 is 5.32 Å². The lowest BCUT2D eigenvalue weighted by Crippen LogP contribution is -2.25. The average molecular weight is 272 g/mol. The molecule has 19 heavy (non-hydrogen) atoms. The number of carboxylic acid groups (broad SMARTS) is 1. The molecule has 0 bridgehead atoms. The van der Waals surface area contributed by atoms with Crippen LogP contribution in [0.15, 0.2) is 10.6 Å². The number of aromatic nitrogens is 1. The first-order valence-electron chi connectivity index (χ1n) is 5.70. The van der Waals surface area contributed by atoms with Crippen molar-refractivity contribution in [2.24, 2.45) is 0 Å². The molecule has 1 heterocycles. The van der Waals surface area contributed by atoms with Crippen LogP contribution in [0.3, 0.4) is 0 Å². The molecule has 0 aromatic carbocycles. The highest BCUT2D eigenvalue weighted by Gasteiger charge is 2.15. The van der Waals surface area contributed by atoms with Crippen LogP contribution in [-0.2, 0) is 9.47 Å². The van der Waals surface area contributed by atoms with E-state index in [1.54, 1.807) is 7.11 Å². The molecule has 0 aliphatic rings. The summed E-state index contributed by atoms with van der Waals surface area (Å²) in [5.74, 6) is -2.11. The molecule has 0 fully saturated rings. The van der Waals surface area contributed by atoms with E-state index in [4.69, 9.17) is 14.6 Å². The molecule has 1 rings (SSSR count). The van der Waals surface area contributed by atoms with Gasteiger partial charge in [-0.25, -0.2) is 4.79 Å². The maximum atomic E-state index is 11.5. The maximum Gasteiger partial charge on any atom is 0.374 e. The Hall–Kier alpha value is -1.93. The van der Waals surface area contributed by atoms with Gasteiger partial charge in [-0.05, 0) is 6.42 Å². The zero-order valence-electron chi connectivity index (χ0n) is 10.5. The van der Waals surface area contributed by atoms with Crippen molar-refractivity contribution < 1.29 is 28.7 Å². The zero-order chi connectivity index (χ0) is 14.1. The third-order valence-electron chi connectivity index (χ3n) is 2.14. The SMILES string of the molecule is COCCOCCCNC(=O)c1cc(C(=O)O)on1. The van der Waals surface area contributed by atoms with Crippen molar-refractivity contribution in [1.82, 2.24) is 10.5 Å². The second-order valence-corrected chi connectivity index (χ2v) is 3.60. The van der Waals surface area contributed by atoms with Crippen molar-refractivity contribution in [1.29, 1.82) is 0 Å². The molecule has 1 amide bonds. The molecule has 8 nitrogen and oxygen atoms in total. The molecule has 8 heteroatoms. The molecule has 1 aromatic rings. The fourth-order valence-electron chi connectivity index (χ4n) is 1.19. The first kappa shape index (κ1) is 15.1. The van der Waals surface area contributed by atoms with Gasteiger partial charge >= 0.3 is 5.97 Å². The van der Waals surface area contributed by atoms with Crippen LogP contribution >= 0.6 is 0 Å². The predicted octanol–water partition coefficient (Wildman–Crippen LogP) is 0.156. The highest BCUT2D eigenvalue weighted by Crippen LogP contribution is 2.03. The van der Waals surface area contributed by atoms with Crippen LogP contribution in [0.5, 0.6) is 0 Å². The van der Waals surface area contributed by atoms with Gasteiger partial charge in [0.2, 0.25) is 5.76 Å². The molecule has 106 valence electrons. The lowest BCUT2D eigenvalue weighted by atomic mass is 10.3. The lowest BCUT2D eigenvalue weighted by molar-refractivity contribution is 0.0650. The minimum atomic E-state index is -1.27. The molecule has 0 spiro atoms. The van der Waals surface area contributed by atoms with E-state index in [-0.39, 0.29) is 11.5 Å². The number of carbonyl (C=O) groups excluding carboxylic acids is 1. The van der Waals surface area contributed by atoms with E-state index in [9.17, 15) is 9.59 Å². The van der Waals surface area contributed by atoms with Crippen LogP contribution in [-0.4, -0.2) is 55.6 Å². The molecule has 0 atom stereocenters. The Morgan fingerprint density at radius 2 is 2.21 bits per heavy atom. The Labute approximate surface area is 109 Å². The normalized spacial score (nSPS) is 10.4. The summed E-state index contributed by atoms with van der Waals surface area (Å²) in [6.45, 7) is 1.95. The molecule has 2 N–H and O–H groups in total. The topological polar surface area (TPSA) is 111 Å². The van der Waals surface area contributed by atoms with Gasteiger partial charge in [-0.15, -0.1) is 0 Å². The minimum Gasteiger partial charge on any atom is -0.475 e. The Kier molecular flexibility index (Phi) is 6.55. The van der Waals surface area contributed by atoms with E-state index in [1.165, 1.54) is 0 Å². The second-order valence-electron chi connectivity index (χ2n) is 3.60. The molecule has 0 aliphatic heterocycles. The second kappa shape index (κ2) is 8.22. The van der Waals surface area contributed by atoms with Gasteiger partial charge in [0.15, 0.2) is 5.69 Å². The van der Waals surface area contributed by atoms with Gasteiger partial charge in [0, 0.05) is 26.3 Å². The van der Waals surface area contributed by atoms with Crippen molar-refractivity contribution >= 4 is 11.9 Å². The molecular formula is C11H16N2O6. The molecule has 0 saturated carbocycles. The van der Waals surface area contributed by atoms with Crippen molar-refractivity contribution in [2.75, 3.05) is 33.5 Å². The number of hydrogen-bond donors (Lipinski definition) is 2. The summed E-state index contributed by atoms with van der Waals surface area (Å²) < 4.78 is 14.5. The van der Waals surface area contributed by atoms with Crippen LogP contribution in [0.25, 0.3) is 0 Å². The number of rotatable bonds is 9. The fourth-order valence-corrected chi connectivity index (χ4v) is 1.19. The van der Waals surface area contributed by atoms with E-state index in [0.29, 0.717) is 32.8 Å². The average Bonchev–Trinajstić information content (AvgIpc) is 2.87. The number of nitrogens with zero attached hydrogens (tertiary/aromatic N) is 1. The number of nitrogens with one attached hydrogen (secondary N) is 1. The Morgan fingerprint density at radius 3 is 2.84 bits per heavy atom. The number of hydrogen-bond acceptors (Lipinski definition) is 6. The summed E-state index contributed by atoms with van der Waals surface area (Å²) in [6, 6.07) is 1.08. The number of amides is 1. The minimum absolute atomic E-state index is 0.0577. The quantitative estimate of drug-likeness (QED) is 0.616. The Bertz CT molecular complexity index is 417.